The molecule has 0 amide bonds. The van der Waals surface area contributed by atoms with Gasteiger partial charge >= 0.3 is 5.97 Å². The van der Waals surface area contributed by atoms with E-state index in [-0.39, 0.29) is 0 Å². The Bertz CT molecular complexity index is 649. The van der Waals surface area contributed by atoms with Gasteiger partial charge in [-0.05, 0) is 48.1 Å². The summed E-state index contributed by atoms with van der Waals surface area (Å²) in [6.07, 6.45) is 3.64. The van der Waals surface area contributed by atoms with Crippen molar-refractivity contribution < 1.29 is 9.90 Å². The molecule has 0 fully saturated rings. The van der Waals surface area contributed by atoms with E-state index in [9.17, 15) is 9.90 Å². The van der Waals surface area contributed by atoms with Gasteiger partial charge in [-0.15, -0.1) is 11.8 Å². The Kier molecular flexibility index (Phi) is 3.79. The average molecular weight is 284 g/mol. The number of rotatable bonds is 4. The highest BCUT2D eigenvalue weighted by Gasteiger charge is 2.12. The molecule has 1 aliphatic carbocycles. The van der Waals surface area contributed by atoms with Gasteiger partial charge in [0.25, 0.3) is 0 Å². The molecular formula is C17H16O2S. The normalized spacial score (nSPS) is 13.2. The topological polar surface area (TPSA) is 37.3 Å². The minimum atomic E-state index is -0.859. The van der Waals surface area contributed by atoms with Crippen LogP contribution in [0.1, 0.15) is 33.5 Å². The SMILES string of the molecule is O=C(O)c1ccccc1SCc1ccc2c(c1)CCC2. The molecule has 0 radical (unpaired) electrons. The molecule has 0 atom stereocenters. The Balaban J connectivity index is 1.75. The summed E-state index contributed by atoms with van der Waals surface area (Å²) < 4.78 is 0. The molecule has 0 saturated carbocycles. The molecule has 2 aromatic carbocycles. The van der Waals surface area contributed by atoms with E-state index in [1.165, 1.54) is 36.0 Å². The fourth-order valence-electron chi connectivity index (χ4n) is 2.65. The quantitative estimate of drug-likeness (QED) is 0.856. The number of aromatic carboxylic acids is 1. The Labute approximate surface area is 122 Å². The first-order valence-corrected chi connectivity index (χ1v) is 7.78. The zero-order valence-corrected chi connectivity index (χ0v) is 12.0. The fraction of sp³-hybridized carbons (Fsp3) is 0.235. The second-order valence-electron chi connectivity index (χ2n) is 5.05. The van der Waals surface area contributed by atoms with Gasteiger partial charge < -0.3 is 5.11 Å². The van der Waals surface area contributed by atoms with Gasteiger partial charge in [-0.1, -0.05) is 30.3 Å². The lowest BCUT2D eigenvalue weighted by molar-refractivity contribution is 0.0693. The van der Waals surface area contributed by atoms with Crippen molar-refractivity contribution in [2.75, 3.05) is 0 Å². The first-order chi connectivity index (χ1) is 9.74. The molecule has 1 N–H and O–H groups in total. The molecule has 3 heteroatoms. The van der Waals surface area contributed by atoms with Gasteiger partial charge in [0.2, 0.25) is 0 Å². The molecule has 102 valence electrons. The van der Waals surface area contributed by atoms with Crippen molar-refractivity contribution in [1.29, 1.82) is 0 Å². The lowest BCUT2D eigenvalue weighted by Gasteiger charge is -2.07. The van der Waals surface area contributed by atoms with Crippen LogP contribution in [0.2, 0.25) is 0 Å². The largest absolute Gasteiger partial charge is 0.478 e. The van der Waals surface area contributed by atoms with Gasteiger partial charge in [0.05, 0.1) is 5.56 Å². The molecule has 0 unspecified atom stereocenters. The Morgan fingerprint density at radius 3 is 2.75 bits per heavy atom. The van der Waals surface area contributed by atoms with Gasteiger partial charge in [0.15, 0.2) is 0 Å². The number of thioether (sulfide) groups is 1. The number of hydrogen-bond donors (Lipinski definition) is 1. The number of aryl methyl sites for hydroxylation is 2. The maximum atomic E-state index is 11.2. The standard InChI is InChI=1S/C17H16O2S/c18-17(19)15-6-1-2-7-16(15)20-11-12-8-9-13-4-3-5-14(13)10-12/h1-2,6-10H,3-5,11H2,(H,18,19). The molecule has 0 heterocycles. The molecule has 3 rings (SSSR count). The first-order valence-electron chi connectivity index (χ1n) is 6.80. The number of carbonyl (C=O) groups is 1. The van der Waals surface area contributed by atoms with Crippen LogP contribution < -0.4 is 0 Å². The molecule has 0 bridgehead atoms. The van der Waals surface area contributed by atoms with E-state index in [4.69, 9.17) is 0 Å². The minimum absolute atomic E-state index is 0.388. The number of benzene rings is 2. The fourth-order valence-corrected chi connectivity index (χ4v) is 3.63. The van der Waals surface area contributed by atoms with Crippen molar-refractivity contribution in [2.45, 2.75) is 29.9 Å². The van der Waals surface area contributed by atoms with Crippen LogP contribution in [0, 0.1) is 0 Å². The lowest BCUT2D eigenvalue weighted by Crippen LogP contribution is -1.98. The van der Waals surface area contributed by atoms with Gasteiger partial charge in [-0.2, -0.15) is 0 Å². The predicted octanol–water partition coefficient (Wildman–Crippen LogP) is 4.17. The predicted molar refractivity (Wildman–Crippen MR) is 81.4 cm³/mol. The van der Waals surface area contributed by atoms with Crippen molar-refractivity contribution in [3.05, 3.63) is 64.7 Å². The molecule has 2 nitrogen and oxygen atoms in total. The smallest absolute Gasteiger partial charge is 0.336 e. The van der Waals surface area contributed by atoms with E-state index in [1.807, 2.05) is 12.1 Å². The van der Waals surface area contributed by atoms with E-state index >= 15 is 0 Å². The number of carboxylic acids is 1. The van der Waals surface area contributed by atoms with Crippen LogP contribution in [0.15, 0.2) is 47.4 Å². The minimum Gasteiger partial charge on any atom is -0.478 e. The summed E-state index contributed by atoms with van der Waals surface area (Å²) in [5.74, 6) is -0.0422. The molecule has 0 aromatic heterocycles. The summed E-state index contributed by atoms with van der Waals surface area (Å²) in [7, 11) is 0. The molecule has 0 spiro atoms. The second-order valence-corrected chi connectivity index (χ2v) is 6.06. The van der Waals surface area contributed by atoms with Crippen molar-refractivity contribution in [1.82, 2.24) is 0 Å². The summed E-state index contributed by atoms with van der Waals surface area (Å²) in [5.41, 5.74) is 4.61. The summed E-state index contributed by atoms with van der Waals surface area (Å²) in [4.78, 5) is 12.0. The molecule has 0 aliphatic heterocycles. The van der Waals surface area contributed by atoms with Gasteiger partial charge in [-0.25, -0.2) is 4.79 Å². The molecule has 0 saturated heterocycles. The van der Waals surface area contributed by atoms with Crippen molar-refractivity contribution in [3.63, 3.8) is 0 Å². The van der Waals surface area contributed by atoms with E-state index < -0.39 is 5.97 Å². The van der Waals surface area contributed by atoms with E-state index in [0.29, 0.717) is 5.56 Å². The van der Waals surface area contributed by atoms with Crippen molar-refractivity contribution in [2.24, 2.45) is 0 Å². The van der Waals surface area contributed by atoms with Crippen LogP contribution in [0.3, 0.4) is 0 Å². The van der Waals surface area contributed by atoms with Crippen LogP contribution in [0.25, 0.3) is 0 Å². The zero-order chi connectivity index (χ0) is 13.9. The van der Waals surface area contributed by atoms with Gasteiger partial charge in [0.1, 0.15) is 0 Å². The zero-order valence-electron chi connectivity index (χ0n) is 11.1. The van der Waals surface area contributed by atoms with Crippen molar-refractivity contribution >= 4 is 17.7 Å². The number of carboxylic acid groups (broad SMARTS) is 1. The average Bonchev–Trinajstić information content (AvgIpc) is 2.92. The molecule has 2 aromatic rings. The third-order valence-electron chi connectivity index (χ3n) is 3.67. The van der Waals surface area contributed by atoms with Crippen LogP contribution in [-0.4, -0.2) is 11.1 Å². The van der Waals surface area contributed by atoms with E-state index in [0.717, 1.165) is 10.6 Å². The van der Waals surface area contributed by atoms with E-state index in [1.54, 1.807) is 23.9 Å². The summed E-state index contributed by atoms with van der Waals surface area (Å²) in [5, 5.41) is 9.18. The monoisotopic (exact) mass is 284 g/mol. The summed E-state index contributed by atoms with van der Waals surface area (Å²) >= 11 is 1.59. The number of hydrogen-bond acceptors (Lipinski definition) is 2. The van der Waals surface area contributed by atoms with E-state index in [2.05, 4.69) is 18.2 Å². The number of fused-ring (bicyclic) bond motifs is 1. The highest BCUT2D eigenvalue weighted by atomic mass is 32.2. The molecule has 20 heavy (non-hydrogen) atoms. The maximum Gasteiger partial charge on any atom is 0.336 e. The third-order valence-corrected chi connectivity index (χ3v) is 4.82. The Hall–Kier alpha value is -1.74. The lowest BCUT2D eigenvalue weighted by atomic mass is 10.1. The molecular weight excluding hydrogens is 268 g/mol. The van der Waals surface area contributed by atoms with Crippen LogP contribution in [0.4, 0.5) is 0 Å². The molecule has 1 aliphatic rings. The Morgan fingerprint density at radius 1 is 1.10 bits per heavy atom. The first kappa shape index (κ1) is 13.3. The van der Waals surface area contributed by atoms with Crippen molar-refractivity contribution in [3.8, 4) is 0 Å². The van der Waals surface area contributed by atoms with Gasteiger partial charge in [-0.3, -0.25) is 0 Å². The summed E-state index contributed by atoms with van der Waals surface area (Å²) in [6.45, 7) is 0. The second kappa shape index (κ2) is 5.71. The Morgan fingerprint density at radius 2 is 1.90 bits per heavy atom. The van der Waals surface area contributed by atoms with Crippen LogP contribution in [-0.2, 0) is 18.6 Å². The highest BCUT2D eigenvalue weighted by molar-refractivity contribution is 7.98. The maximum absolute atomic E-state index is 11.2. The summed E-state index contributed by atoms with van der Waals surface area (Å²) in [6, 6.07) is 13.9. The highest BCUT2D eigenvalue weighted by Crippen LogP contribution is 2.29. The van der Waals surface area contributed by atoms with Gasteiger partial charge in [0, 0.05) is 10.6 Å². The third kappa shape index (κ3) is 2.73. The van der Waals surface area contributed by atoms with Crippen LogP contribution >= 0.6 is 11.8 Å². The van der Waals surface area contributed by atoms with Crippen LogP contribution in [0.5, 0.6) is 0 Å².